The van der Waals surface area contributed by atoms with Crippen molar-refractivity contribution in [2.24, 2.45) is 0 Å². The minimum atomic E-state index is -3.28. The van der Waals surface area contributed by atoms with E-state index in [1.807, 2.05) is 6.92 Å². The van der Waals surface area contributed by atoms with Gasteiger partial charge in [0, 0.05) is 19.9 Å². The first-order chi connectivity index (χ1) is 9.61. The molecule has 1 heterocycles. The molecule has 21 heavy (non-hydrogen) atoms. The van der Waals surface area contributed by atoms with Gasteiger partial charge in [-0.05, 0) is 19.8 Å². The van der Waals surface area contributed by atoms with Crippen LogP contribution in [0.25, 0.3) is 0 Å². The molecule has 9 heteroatoms. The number of carboxylic acids is 1. The Morgan fingerprint density at radius 3 is 2.52 bits per heavy atom. The zero-order valence-corrected chi connectivity index (χ0v) is 13.2. The predicted octanol–water partition coefficient (Wildman–Crippen LogP) is -0.307. The molecule has 0 aromatic rings. The Morgan fingerprint density at radius 1 is 1.48 bits per heavy atom. The molecular weight excluding hydrogens is 300 g/mol. The molecule has 0 spiro atoms. The van der Waals surface area contributed by atoms with Crippen molar-refractivity contribution < 1.29 is 27.9 Å². The van der Waals surface area contributed by atoms with Crippen LogP contribution in [0, 0.1) is 0 Å². The van der Waals surface area contributed by atoms with Crippen molar-refractivity contribution in [1.29, 1.82) is 0 Å². The number of carbonyl (C=O) groups excluding carboxylic acids is 1. The first-order valence-electron chi connectivity index (χ1n) is 6.67. The fourth-order valence-corrected chi connectivity index (χ4v) is 2.88. The quantitative estimate of drug-likeness (QED) is 0.694. The Hall–Kier alpha value is -1.35. The highest BCUT2D eigenvalue weighted by Gasteiger charge is 2.32. The van der Waals surface area contributed by atoms with Crippen LogP contribution in [-0.2, 0) is 19.4 Å². The molecule has 1 saturated heterocycles. The minimum Gasteiger partial charge on any atom is -0.480 e. The predicted molar refractivity (Wildman–Crippen MR) is 75.9 cm³/mol. The van der Waals surface area contributed by atoms with Crippen molar-refractivity contribution in [2.45, 2.75) is 38.0 Å². The van der Waals surface area contributed by atoms with Crippen molar-refractivity contribution in [2.75, 3.05) is 25.7 Å². The van der Waals surface area contributed by atoms with Crippen molar-refractivity contribution in [3.8, 4) is 0 Å². The number of likely N-dealkylation sites (N-methyl/N-ethyl adjacent to an activating group) is 1. The molecule has 3 atom stereocenters. The van der Waals surface area contributed by atoms with Crippen LogP contribution in [0.4, 0.5) is 4.79 Å². The molecule has 0 aliphatic carbocycles. The molecule has 0 aromatic heterocycles. The number of hydrogen-bond acceptors (Lipinski definition) is 5. The summed E-state index contributed by atoms with van der Waals surface area (Å²) < 4.78 is 27.6. The summed E-state index contributed by atoms with van der Waals surface area (Å²) in [6, 6.07) is -1.89. The molecule has 2 amide bonds. The lowest BCUT2D eigenvalue weighted by Gasteiger charge is -2.28. The SMILES string of the molecule is CC1OCCC1N(C)C(=O)NC(CCS(C)(=O)=O)C(=O)O. The number of carboxylic acid groups (broad SMARTS) is 1. The Bertz CT molecular complexity index is 492. The Kier molecular flexibility index (Phi) is 5.97. The van der Waals surface area contributed by atoms with Crippen LogP contribution in [0.2, 0.25) is 0 Å². The van der Waals surface area contributed by atoms with E-state index in [4.69, 9.17) is 9.84 Å². The van der Waals surface area contributed by atoms with Gasteiger partial charge in [-0.25, -0.2) is 18.0 Å². The molecule has 3 unspecified atom stereocenters. The summed E-state index contributed by atoms with van der Waals surface area (Å²) >= 11 is 0. The zero-order chi connectivity index (χ0) is 16.2. The number of nitrogens with zero attached hydrogens (tertiary/aromatic N) is 1. The molecule has 1 rings (SSSR count). The molecule has 8 nitrogen and oxygen atoms in total. The smallest absolute Gasteiger partial charge is 0.326 e. The van der Waals surface area contributed by atoms with Gasteiger partial charge in [0.2, 0.25) is 0 Å². The average molecular weight is 322 g/mol. The lowest BCUT2D eigenvalue weighted by Crippen LogP contribution is -2.51. The van der Waals surface area contributed by atoms with Gasteiger partial charge in [0.1, 0.15) is 15.9 Å². The van der Waals surface area contributed by atoms with Crippen LogP contribution in [0.5, 0.6) is 0 Å². The molecule has 0 aromatic carbocycles. The number of aliphatic carboxylic acids is 1. The van der Waals surface area contributed by atoms with Crippen molar-refractivity contribution in [3.05, 3.63) is 0 Å². The summed E-state index contributed by atoms with van der Waals surface area (Å²) in [4.78, 5) is 24.6. The number of rotatable bonds is 6. The van der Waals surface area contributed by atoms with Crippen molar-refractivity contribution in [3.63, 3.8) is 0 Å². The lowest BCUT2D eigenvalue weighted by atomic mass is 10.1. The van der Waals surface area contributed by atoms with Crippen LogP contribution in [0.3, 0.4) is 0 Å². The molecule has 1 aliphatic heterocycles. The summed E-state index contributed by atoms with van der Waals surface area (Å²) in [6.07, 6.45) is 1.44. The molecule has 1 aliphatic rings. The standard InChI is InChI=1S/C12H22N2O6S/c1-8-10(4-6-20-8)14(2)12(17)13-9(11(15)16)5-7-21(3,18)19/h8-10H,4-7H2,1-3H3,(H,13,17)(H,15,16). The minimum absolute atomic E-state index is 0.111. The van der Waals surface area contributed by atoms with E-state index in [1.54, 1.807) is 7.05 Å². The van der Waals surface area contributed by atoms with E-state index in [0.717, 1.165) is 6.26 Å². The van der Waals surface area contributed by atoms with Gasteiger partial charge in [-0.1, -0.05) is 0 Å². The maximum atomic E-state index is 12.1. The number of sulfone groups is 1. The Balaban J connectivity index is 2.61. The van der Waals surface area contributed by atoms with E-state index in [0.29, 0.717) is 13.0 Å². The third kappa shape index (κ3) is 5.50. The third-order valence-corrected chi connectivity index (χ3v) is 4.50. The van der Waals surface area contributed by atoms with Crippen molar-refractivity contribution >= 4 is 21.8 Å². The highest BCUT2D eigenvalue weighted by molar-refractivity contribution is 7.90. The van der Waals surface area contributed by atoms with Crippen LogP contribution in [0.1, 0.15) is 19.8 Å². The monoisotopic (exact) mass is 322 g/mol. The summed E-state index contributed by atoms with van der Waals surface area (Å²) in [5, 5.41) is 11.4. The number of hydrogen-bond donors (Lipinski definition) is 2. The summed E-state index contributed by atoms with van der Waals surface area (Å²) in [7, 11) is -1.71. The fourth-order valence-electron chi connectivity index (χ4n) is 2.22. The first kappa shape index (κ1) is 17.7. The van der Waals surface area contributed by atoms with Gasteiger partial charge in [-0.3, -0.25) is 0 Å². The van der Waals surface area contributed by atoms with E-state index in [-0.39, 0.29) is 24.3 Å². The summed E-state index contributed by atoms with van der Waals surface area (Å²) in [6.45, 7) is 2.40. The maximum absolute atomic E-state index is 12.1. The Labute approximate surface area is 124 Å². The molecular formula is C12H22N2O6S. The maximum Gasteiger partial charge on any atom is 0.326 e. The average Bonchev–Trinajstić information content (AvgIpc) is 2.77. The third-order valence-electron chi connectivity index (χ3n) is 3.53. The number of amides is 2. The highest BCUT2D eigenvalue weighted by Crippen LogP contribution is 2.18. The zero-order valence-electron chi connectivity index (χ0n) is 12.4. The normalized spacial score (nSPS) is 23.6. The first-order valence-corrected chi connectivity index (χ1v) is 8.73. The van der Waals surface area contributed by atoms with Crippen molar-refractivity contribution in [1.82, 2.24) is 10.2 Å². The van der Waals surface area contributed by atoms with Gasteiger partial charge in [-0.15, -0.1) is 0 Å². The van der Waals surface area contributed by atoms with Crippen LogP contribution >= 0.6 is 0 Å². The van der Waals surface area contributed by atoms with E-state index in [9.17, 15) is 18.0 Å². The van der Waals surface area contributed by atoms with Gasteiger partial charge in [-0.2, -0.15) is 0 Å². The van der Waals surface area contributed by atoms with E-state index in [2.05, 4.69) is 5.32 Å². The van der Waals surface area contributed by atoms with E-state index < -0.39 is 27.9 Å². The summed E-state index contributed by atoms with van der Waals surface area (Å²) in [5.41, 5.74) is 0. The van der Waals surface area contributed by atoms with Crippen LogP contribution in [-0.4, -0.2) is 74.3 Å². The van der Waals surface area contributed by atoms with Crippen LogP contribution in [0.15, 0.2) is 0 Å². The lowest BCUT2D eigenvalue weighted by molar-refractivity contribution is -0.139. The highest BCUT2D eigenvalue weighted by atomic mass is 32.2. The number of urea groups is 1. The van der Waals surface area contributed by atoms with Gasteiger partial charge in [0.15, 0.2) is 0 Å². The second-order valence-corrected chi connectivity index (χ2v) is 7.56. The number of ether oxygens (including phenoxy) is 1. The second kappa shape index (κ2) is 7.08. The van der Waals surface area contributed by atoms with Gasteiger partial charge in [0.05, 0.1) is 17.9 Å². The number of carbonyl (C=O) groups is 2. The second-order valence-electron chi connectivity index (χ2n) is 5.30. The molecule has 0 radical (unpaired) electrons. The topological polar surface area (TPSA) is 113 Å². The Morgan fingerprint density at radius 2 is 2.10 bits per heavy atom. The van der Waals surface area contributed by atoms with E-state index >= 15 is 0 Å². The molecule has 2 N–H and O–H groups in total. The number of nitrogens with one attached hydrogen (secondary N) is 1. The van der Waals surface area contributed by atoms with Crippen LogP contribution < -0.4 is 5.32 Å². The van der Waals surface area contributed by atoms with E-state index in [1.165, 1.54) is 4.90 Å². The fraction of sp³-hybridized carbons (Fsp3) is 0.833. The largest absolute Gasteiger partial charge is 0.480 e. The molecule has 0 saturated carbocycles. The summed E-state index contributed by atoms with van der Waals surface area (Å²) in [5.74, 6) is -1.55. The molecule has 122 valence electrons. The van der Waals surface area contributed by atoms with Gasteiger partial charge in [0.25, 0.3) is 0 Å². The van der Waals surface area contributed by atoms with Gasteiger partial charge >= 0.3 is 12.0 Å². The molecule has 0 bridgehead atoms. The van der Waals surface area contributed by atoms with Gasteiger partial charge < -0.3 is 20.1 Å². The molecule has 1 fully saturated rings.